The Morgan fingerprint density at radius 1 is 1.33 bits per heavy atom. The summed E-state index contributed by atoms with van der Waals surface area (Å²) in [5, 5.41) is 5.14. The summed E-state index contributed by atoms with van der Waals surface area (Å²) in [6.45, 7) is 3.92. The Bertz CT molecular complexity index is 541. The SMILES string of the molecule is C/C=C(\C)OC(=O)NCCNc1c(N)c(=O)c1=O. The minimum atomic E-state index is -0.673. The van der Waals surface area contributed by atoms with Crippen molar-refractivity contribution in [3.63, 3.8) is 0 Å². The van der Waals surface area contributed by atoms with Crippen LogP contribution < -0.4 is 27.2 Å². The number of amides is 1. The molecule has 0 fully saturated rings. The van der Waals surface area contributed by atoms with Crippen LogP contribution in [0.25, 0.3) is 0 Å². The normalized spacial score (nSPS) is 11.3. The Morgan fingerprint density at radius 3 is 2.56 bits per heavy atom. The van der Waals surface area contributed by atoms with Crippen LogP contribution >= 0.6 is 0 Å². The molecule has 1 amide bonds. The van der Waals surface area contributed by atoms with Crippen molar-refractivity contribution in [3.05, 3.63) is 32.3 Å². The lowest BCUT2D eigenvalue weighted by atomic mass is 10.2. The van der Waals surface area contributed by atoms with E-state index in [9.17, 15) is 14.4 Å². The van der Waals surface area contributed by atoms with Crippen LogP contribution in [-0.4, -0.2) is 19.2 Å². The van der Waals surface area contributed by atoms with Gasteiger partial charge >= 0.3 is 6.09 Å². The molecule has 1 rings (SSSR count). The van der Waals surface area contributed by atoms with Gasteiger partial charge in [-0.25, -0.2) is 4.79 Å². The second-order valence-electron chi connectivity index (χ2n) is 3.59. The van der Waals surface area contributed by atoms with Crippen molar-refractivity contribution in [1.82, 2.24) is 5.32 Å². The molecule has 0 unspecified atom stereocenters. The second kappa shape index (κ2) is 5.85. The van der Waals surface area contributed by atoms with Crippen LogP contribution in [0, 0.1) is 0 Å². The molecule has 1 aromatic rings. The van der Waals surface area contributed by atoms with Crippen molar-refractivity contribution >= 4 is 17.5 Å². The number of anilines is 2. The summed E-state index contributed by atoms with van der Waals surface area (Å²) in [7, 11) is 0. The van der Waals surface area contributed by atoms with E-state index in [1.807, 2.05) is 0 Å². The lowest BCUT2D eigenvalue weighted by molar-refractivity contribution is 0.176. The highest BCUT2D eigenvalue weighted by molar-refractivity contribution is 5.71. The molecule has 0 aliphatic carbocycles. The summed E-state index contributed by atoms with van der Waals surface area (Å²) < 4.78 is 4.83. The smallest absolute Gasteiger partial charge is 0.412 e. The lowest BCUT2D eigenvalue weighted by Crippen LogP contribution is -2.38. The third kappa shape index (κ3) is 3.09. The van der Waals surface area contributed by atoms with Gasteiger partial charge in [0.05, 0.1) is 0 Å². The Morgan fingerprint density at radius 2 is 2.00 bits per heavy atom. The zero-order valence-corrected chi connectivity index (χ0v) is 10.2. The first-order valence-electron chi connectivity index (χ1n) is 5.38. The van der Waals surface area contributed by atoms with E-state index < -0.39 is 17.0 Å². The Hall–Kier alpha value is -2.31. The number of carbonyl (C=O) groups excluding carboxylic acids is 1. The molecule has 0 saturated heterocycles. The molecular weight excluding hydrogens is 238 g/mol. The molecule has 0 atom stereocenters. The van der Waals surface area contributed by atoms with Crippen molar-refractivity contribution in [3.8, 4) is 0 Å². The molecule has 0 aliphatic heterocycles. The van der Waals surface area contributed by atoms with Crippen LogP contribution in [0.1, 0.15) is 13.8 Å². The van der Waals surface area contributed by atoms with Crippen molar-refractivity contribution < 1.29 is 9.53 Å². The van der Waals surface area contributed by atoms with Crippen molar-refractivity contribution in [2.45, 2.75) is 13.8 Å². The van der Waals surface area contributed by atoms with Gasteiger partial charge in [-0.05, 0) is 19.9 Å². The minimum absolute atomic E-state index is 0.0627. The van der Waals surface area contributed by atoms with Gasteiger partial charge in [-0.3, -0.25) is 9.59 Å². The second-order valence-corrected chi connectivity index (χ2v) is 3.59. The van der Waals surface area contributed by atoms with Crippen LogP contribution in [0.4, 0.5) is 16.2 Å². The minimum Gasteiger partial charge on any atom is -0.416 e. The van der Waals surface area contributed by atoms with E-state index in [0.717, 1.165) is 0 Å². The number of hydrogen-bond acceptors (Lipinski definition) is 6. The molecule has 0 heterocycles. The highest BCUT2D eigenvalue weighted by atomic mass is 16.6. The van der Waals surface area contributed by atoms with E-state index in [0.29, 0.717) is 5.76 Å². The predicted octanol–water partition coefficient (Wildman–Crippen LogP) is -0.0734. The van der Waals surface area contributed by atoms with Gasteiger partial charge in [0.2, 0.25) is 0 Å². The zero-order valence-electron chi connectivity index (χ0n) is 10.2. The maximum Gasteiger partial charge on any atom is 0.412 e. The van der Waals surface area contributed by atoms with Crippen LogP contribution in [0.15, 0.2) is 21.4 Å². The average molecular weight is 253 g/mol. The molecular formula is C11H15N3O4. The Labute approximate surface area is 103 Å². The molecule has 7 heteroatoms. The molecule has 7 nitrogen and oxygen atoms in total. The molecule has 1 aromatic carbocycles. The molecule has 0 aromatic heterocycles. The molecule has 4 N–H and O–H groups in total. The Balaban J connectivity index is 2.26. The third-order valence-electron chi connectivity index (χ3n) is 2.30. The lowest BCUT2D eigenvalue weighted by Gasteiger charge is -2.10. The number of nitrogen functional groups attached to an aromatic ring is 1. The van der Waals surface area contributed by atoms with Gasteiger partial charge in [-0.15, -0.1) is 0 Å². The monoisotopic (exact) mass is 253 g/mol. The topological polar surface area (TPSA) is 111 Å². The summed E-state index contributed by atoms with van der Waals surface area (Å²) in [5.41, 5.74) is 4.06. The number of hydrogen-bond donors (Lipinski definition) is 3. The van der Waals surface area contributed by atoms with Gasteiger partial charge in [-0.1, -0.05) is 0 Å². The van der Waals surface area contributed by atoms with Crippen LogP contribution in [0.2, 0.25) is 0 Å². The number of nitrogens with two attached hydrogens (primary N) is 1. The van der Waals surface area contributed by atoms with Gasteiger partial charge < -0.3 is 21.1 Å². The van der Waals surface area contributed by atoms with E-state index in [4.69, 9.17) is 10.5 Å². The van der Waals surface area contributed by atoms with E-state index in [2.05, 4.69) is 10.6 Å². The van der Waals surface area contributed by atoms with E-state index in [1.165, 1.54) is 0 Å². The summed E-state index contributed by atoms with van der Waals surface area (Å²) in [6, 6.07) is 0. The van der Waals surface area contributed by atoms with E-state index in [1.54, 1.807) is 19.9 Å². The maximum atomic E-state index is 11.2. The summed E-state index contributed by atoms with van der Waals surface area (Å²) in [4.78, 5) is 33.0. The number of rotatable bonds is 5. The molecule has 0 bridgehead atoms. The molecule has 0 spiro atoms. The number of nitrogens with one attached hydrogen (secondary N) is 2. The van der Waals surface area contributed by atoms with Crippen LogP contribution in [-0.2, 0) is 4.74 Å². The van der Waals surface area contributed by atoms with E-state index in [-0.39, 0.29) is 24.5 Å². The van der Waals surface area contributed by atoms with Crippen molar-refractivity contribution in [2.75, 3.05) is 24.1 Å². The van der Waals surface area contributed by atoms with Gasteiger partial charge in [-0.2, -0.15) is 0 Å². The fourth-order valence-corrected chi connectivity index (χ4v) is 1.18. The molecule has 0 radical (unpaired) electrons. The summed E-state index contributed by atoms with van der Waals surface area (Å²) >= 11 is 0. The molecule has 0 saturated carbocycles. The number of allylic oxidation sites excluding steroid dienone is 2. The largest absolute Gasteiger partial charge is 0.416 e. The first kappa shape index (κ1) is 13.8. The van der Waals surface area contributed by atoms with Gasteiger partial charge in [0.1, 0.15) is 17.1 Å². The van der Waals surface area contributed by atoms with Crippen LogP contribution in [0.5, 0.6) is 0 Å². The molecule has 98 valence electrons. The van der Waals surface area contributed by atoms with Gasteiger partial charge in [0.15, 0.2) is 0 Å². The fourth-order valence-electron chi connectivity index (χ4n) is 1.18. The Kier molecular flexibility index (Phi) is 4.47. The average Bonchev–Trinajstić information content (AvgIpc) is 2.37. The fraction of sp³-hybridized carbons (Fsp3) is 0.364. The highest BCUT2D eigenvalue weighted by Gasteiger charge is 2.16. The summed E-state index contributed by atoms with van der Waals surface area (Å²) in [5.74, 6) is 0.493. The number of ether oxygens (including phenoxy) is 1. The van der Waals surface area contributed by atoms with E-state index >= 15 is 0 Å². The predicted molar refractivity (Wildman–Crippen MR) is 68.2 cm³/mol. The van der Waals surface area contributed by atoms with Gasteiger partial charge in [0.25, 0.3) is 10.9 Å². The number of carbonyl (C=O) groups is 1. The summed E-state index contributed by atoms with van der Waals surface area (Å²) in [6.07, 6.45) is 1.08. The molecule has 0 aliphatic rings. The highest BCUT2D eigenvalue weighted by Crippen LogP contribution is 2.07. The first-order chi connectivity index (χ1) is 8.47. The maximum absolute atomic E-state index is 11.2. The molecule has 18 heavy (non-hydrogen) atoms. The third-order valence-corrected chi connectivity index (χ3v) is 2.30. The van der Waals surface area contributed by atoms with Crippen molar-refractivity contribution in [1.29, 1.82) is 0 Å². The quantitative estimate of drug-likeness (QED) is 0.385. The standard InChI is InChI=1S/C11H15N3O4/c1-3-6(2)18-11(17)14-5-4-13-8-7(12)9(15)10(8)16/h3,13H,4-5,12H2,1-2H3,(H,14,17)/b6-3+. The first-order valence-corrected chi connectivity index (χ1v) is 5.38. The van der Waals surface area contributed by atoms with Crippen molar-refractivity contribution in [2.24, 2.45) is 0 Å². The number of alkyl carbamates (subject to hydrolysis) is 1. The van der Waals surface area contributed by atoms with Gasteiger partial charge in [0, 0.05) is 13.1 Å². The van der Waals surface area contributed by atoms with Crippen LogP contribution in [0.3, 0.4) is 0 Å². The zero-order chi connectivity index (χ0) is 13.7.